The third-order valence-electron chi connectivity index (χ3n) is 4.03. The molecule has 2 aromatic carbocycles. The molecule has 0 bridgehead atoms. The molecule has 7 nitrogen and oxygen atoms in total. The van der Waals surface area contributed by atoms with Gasteiger partial charge in [-0.2, -0.15) is 13.9 Å². The van der Waals surface area contributed by atoms with Crippen LogP contribution in [-0.4, -0.2) is 27.4 Å². The van der Waals surface area contributed by atoms with Crippen LogP contribution in [0.2, 0.25) is 0 Å². The van der Waals surface area contributed by atoms with Crippen molar-refractivity contribution in [2.75, 3.05) is 0 Å². The highest BCUT2D eigenvalue weighted by Crippen LogP contribution is 2.16. The molecule has 0 aliphatic carbocycles. The molecule has 1 heterocycles. The Hall–Kier alpha value is -3.49. The van der Waals surface area contributed by atoms with E-state index < -0.39 is 6.61 Å². The second-order valence-corrected chi connectivity index (χ2v) is 6.00. The number of ether oxygens (including phenoxy) is 1. The SMILES string of the molecule is CC(NC(=O)NCc1ccc(OC(F)F)cc1)c1ccc(-n2cncn2)cc1. The minimum absolute atomic E-state index is 0.0752. The first kappa shape index (κ1) is 19.3. The van der Waals surface area contributed by atoms with E-state index in [0.717, 1.165) is 16.8 Å². The van der Waals surface area contributed by atoms with E-state index >= 15 is 0 Å². The molecule has 3 aromatic rings. The number of nitrogens with zero attached hydrogens (tertiary/aromatic N) is 3. The van der Waals surface area contributed by atoms with Gasteiger partial charge in [-0.25, -0.2) is 14.5 Å². The molecule has 2 N–H and O–H groups in total. The lowest BCUT2D eigenvalue weighted by Gasteiger charge is -2.15. The number of aromatic nitrogens is 3. The zero-order valence-corrected chi connectivity index (χ0v) is 15.0. The van der Waals surface area contributed by atoms with E-state index in [4.69, 9.17) is 0 Å². The molecule has 1 atom stereocenters. The molecule has 28 heavy (non-hydrogen) atoms. The summed E-state index contributed by atoms with van der Waals surface area (Å²) in [5.41, 5.74) is 2.58. The van der Waals surface area contributed by atoms with Crippen molar-refractivity contribution in [3.05, 3.63) is 72.3 Å². The van der Waals surface area contributed by atoms with Gasteiger partial charge in [0.1, 0.15) is 18.4 Å². The summed E-state index contributed by atoms with van der Waals surface area (Å²) < 4.78 is 30.2. The molecular formula is C19H19F2N5O2. The first-order valence-corrected chi connectivity index (χ1v) is 8.54. The molecule has 0 aliphatic heterocycles. The summed E-state index contributed by atoms with van der Waals surface area (Å²) in [5, 5.41) is 9.64. The second-order valence-electron chi connectivity index (χ2n) is 6.00. The molecule has 0 fully saturated rings. The van der Waals surface area contributed by atoms with Crippen LogP contribution in [0.1, 0.15) is 24.1 Å². The fraction of sp³-hybridized carbons (Fsp3) is 0.211. The Labute approximate surface area is 160 Å². The number of amides is 2. The summed E-state index contributed by atoms with van der Waals surface area (Å²) in [6, 6.07) is 13.2. The largest absolute Gasteiger partial charge is 0.435 e. The summed E-state index contributed by atoms with van der Waals surface area (Å²) >= 11 is 0. The van der Waals surface area contributed by atoms with Crippen LogP contribution >= 0.6 is 0 Å². The number of benzene rings is 2. The lowest BCUT2D eigenvalue weighted by molar-refractivity contribution is -0.0498. The Kier molecular flexibility index (Phi) is 6.15. The monoisotopic (exact) mass is 387 g/mol. The predicted molar refractivity (Wildman–Crippen MR) is 98.2 cm³/mol. The van der Waals surface area contributed by atoms with Gasteiger partial charge in [0, 0.05) is 6.54 Å². The zero-order valence-electron chi connectivity index (χ0n) is 15.0. The number of halogens is 2. The van der Waals surface area contributed by atoms with Crippen molar-refractivity contribution in [1.82, 2.24) is 25.4 Å². The highest BCUT2D eigenvalue weighted by Gasteiger charge is 2.10. The third-order valence-corrected chi connectivity index (χ3v) is 4.03. The summed E-state index contributed by atoms with van der Waals surface area (Å²) in [4.78, 5) is 16.0. The van der Waals surface area contributed by atoms with Crippen LogP contribution in [0.15, 0.2) is 61.2 Å². The van der Waals surface area contributed by atoms with Crippen molar-refractivity contribution < 1.29 is 18.3 Å². The van der Waals surface area contributed by atoms with E-state index in [1.165, 1.54) is 18.5 Å². The molecule has 1 unspecified atom stereocenters. The van der Waals surface area contributed by atoms with Crippen molar-refractivity contribution in [3.63, 3.8) is 0 Å². The summed E-state index contributed by atoms with van der Waals surface area (Å²) in [7, 11) is 0. The Balaban J connectivity index is 1.49. The highest BCUT2D eigenvalue weighted by atomic mass is 19.3. The normalized spacial score (nSPS) is 11.9. The van der Waals surface area contributed by atoms with Crippen molar-refractivity contribution in [2.24, 2.45) is 0 Å². The second kappa shape index (κ2) is 8.94. The van der Waals surface area contributed by atoms with Crippen LogP contribution < -0.4 is 15.4 Å². The minimum atomic E-state index is -2.86. The summed E-state index contributed by atoms with van der Waals surface area (Å²) in [6.45, 7) is -0.722. The van der Waals surface area contributed by atoms with E-state index in [2.05, 4.69) is 25.5 Å². The van der Waals surface area contributed by atoms with Gasteiger partial charge in [-0.15, -0.1) is 0 Å². The van der Waals surface area contributed by atoms with Crippen molar-refractivity contribution in [3.8, 4) is 11.4 Å². The molecule has 0 saturated heterocycles. The van der Waals surface area contributed by atoms with Gasteiger partial charge in [-0.3, -0.25) is 0 Å². The molecule has 0 spiro atoms. The van der Waals surface area contributed by atoms with E-state index in [1.807, 2.05) is 31.2 Å². The standard InChI is InChI=1S/C19H19F2N5O2/c1-13(15-4-6-16(7-5-15)26-12-22-11-24-26)25-19(27)23-10-14-2-8-17(9-3-14)28-18(20)21/h2-9,11-13,18H,10H2,1H3,(H2,23,25,27). The van der Waals surface area contributed by atoms with E-state index in [-0.39, 0.29) is 24.4 Å². The van der Waals surface area contributed by atoms with E-state index in [9.17, 15) is 13.6 Å². The maximum Gasteiger partial charge on any atom is 0.387 e. The zero-order chi connectivity index (χ0) is 19.9. The van der Waals surface area contributed by atoms with Crippen LogP contribution in [-0.2, 0) is 6.54 Å². The third kappa shape index (κ3) is 5.26. The van der Waals surface area contributed by atoms with Crippen LogP contribution in [0.4, 0.5) is 13.6 Å². The fourth-order valence-electron chi connectivity index (χ4n) is 2.56. The van der Waals surface area contributed by atoms with Gasteiger partial charge in [0.15, 0.2) is 0 Å². The average Bonchev–Trinajstić information content (AvgIpc) is 3.22. The quantitative estimate of drug-likeness (QED) is 0.651. The van der Waals surface area contributed by atoms with Crippen LogP contribution in [0.3, 0.4) is 0 Å². The van der Waals surface area contributed by atoms with Gasteiger partial charge in [0.05, 0.1) is 11.7 Å². The van der Waals surface area contributed by atoms with Crippen LogP contribution in [0.5, 0.6) is 5.75 Å². The molecule has 146 valence electrons. The summed E-state index contributed by atoms with van der Waals surface area (Å²) in [5.74, 6) is 0.0752. The van der Waals surface area contributed by atoms with Gasteiger partial charge in [-0.1, -0.05) is 24.3 Å². The minimum Gasteiger partial charge on any atom is -0.435 e. The molecule has 0 saturated carbocycles. The number of urea groups is 1. The lowest BCUT2D eigenvalue weighted by atomic mass is 10.1. The molecule has 3 rings (SSSR count). The van der Waals surface area contributed by atoms with Crippen molar-refractivity contribution in [2.45, 2.75) is 26.1 Å². The molecular weight excluding hydrogens is 368 g/mol. The fourth-order valence-corrected chi connectivity index (χ4v) is 2.56. The number of nitrogens with one attached hydrogen (secondary N) is 2. The van der Waals surface area contributed by atoms with Crippen LogP contribution in [0.25, 0.3) is 5.69 Å². The molecule has 2 amide bonds. The first-order chi connectivity index (χ1) is 13.5. The van der Waals surface area contributed by atoms with Crippen molar-refractivity contribution >= 4 is 6.03 Å². The lowest BCUT2D eigenvalue weighted by Crippen LogP contribution is -2.36. The van der Waals surface area contributed by atoms with Gasteiger partial charge in [-0.05, 0) is 42.3 Å². The van der Waals surface area contributed by atoms with Gasteiger partial charge in [0.2, 0.25) is 0 Å². The number of hydrogen-bond acceptors (Lipinski definition) is 4. The molecule has 0 aliphatic rings. The predicted octanol–water partition coefficient (Wildman–Crippen LogP) is 3.43. The van der Waals surface area contributed by atoms with Crippen molar-refractivity contribution in [1.29, 1.82) is 0 Å². The first-order valence-electron chi connectivity index (χ1n) is 8.54. The topological polar surface area (TPSA) is 81.1 Å². The Bertz CT molecular complexity index is 884. The smallest absolute Gasteiger partial charge is 0.387 e. The molecule has 9 heteroatoms. The average molecular weight is 387 g/mol. The summed E-state index contributed by atoms with van der Waals surface area (Å²) in [6.07, 6.45) is 3.07. The maximum absolute atomic E-state index is 12.1. The number of hydrogen-bond donors (Lipinski definition) is 2. The maximum atomic E-state index is 12.1. The Morgan fingerprint density at radius 2 is 1.86 bits per heavy atom. The van der Waals surface area contributed by atoms with E-state index in [1.54, 1.807) is 23.1 Å². The number of rotatable bonds is 7. The Morgan fingerprint density at radius 3 is 2.46 bits per heavy atom. The number of carbonyl (C=O) groups excluding carboxylic acids is 1. The van der Waals surface area contributed by atoms with Gasteiger partial charge in [0.25, 0.3) is 0 Å². The van der Waals surface area contributed by atoms with Gasteiger partial charge < -0.3 is 15.4 Å². The van der Waals surface area contributed by atoms with Crippen LogP contribution in [0, 0.1) is 0 Å². The number of alkyl halides is 2. The highest BCUT2D eigenvalue weighted by molar-refractivity contribution is 5.74. The Morgan fingerprint density at radius 1 is 1.14 bits per heavy atom. The van der Waals surface area contributed by atoms with E-state index in [0.29, 0.717) is 0 Å². The van der Waals surface area contributed by atoms with Gasteiger partial charge >= 0.3 is 12.6 Å². The molecule has 1 aromatic heterocycles. The number of carbonyl (C=O) groups is 1. The molecule has 0 radical (unpaired) electrons.